The van der Waals surface area contributed by atoms with Crippen LogP contribution in [-0.4, -0.2) is 14.7 Å². The number of hydrogen-bond donors (Lipinski definition) is 0. The fourth-order valence-corrected chi connectivity index (χ4v) is 2.24. The zero-order valence-corrected chi connectivity index (χ0v) is 11.2. The molecule has 0 aromatic carbocycles. The SMILES string of the molecule is Cc1noc(C)c1-c1ccc(=O)n(-c2ccncc2)c1. The Morgan fingerprint density at radius 3 is 2.50 bits per heavy atom. The van der Waals surface area contributed by atoms with Crippen molar-refractivity contribution in [1.82, 2.24) is 14.7 Å². The van der Waals surface area contributed by atoms with Crippen molar-refractivity contribution < 1.29 is 4.52 Å². The molecule has 0 amide bonds. The highest BCUT2D eigenvalue weighted by Gasteiger charge is 2.12. The van der Waals surface area contributed by atoms with Crippen molar-refractivity contribution in [3.05, 3.63) is 64.7 Å². The summed E-state index contributed by atoms with van der Waals surface area (Å²) in [4.78, 5) is 16.0. The van der Waals surface area contributed by atoms with Crippen molar-refractivity contribution in [2.45, 2.75) is 13.8 Å². The summed E-state index contributed by atoms with van der Waals surface area (Å²) >= 11 is 0. The van der Waals surface area contributed by atoms with Crippen molar-refractivity contribution in [1.29, 1.82) is 0 Å². The van der Waals surface area contributed by atoms with Gasteiger partial charge in [-0.25, -0.2) is 0 Å². The van der Waals surface area contributed by atoms with Gasteiger partial charge in [-0.05, 0) is 32.0 Å². The smallest absolute Gasteiger partial charge is 0.255 e. The Balaban J connectivity index is 2.20. The van der Waals surface area contributed by atoms with Crippen molar-refractivity contribution in [3.63, 3.8) is 0 Å². The highest BCUT2D eigenvalue weighted by molar-refractivity contribution is 5.67. The highest BCUT2D eigenvalue weighted by Crippen LogP contribution is 2.26. The first-order valence-corrected chi connectivity index (χ1v) is 6.23. The topological polar surface area (TPSA) is 60.9 Å². The molecule has 0 aliphatic rings. The normalized spacial score (nSPS) is 10.7. The Morgan fingerprint density at radius 1 is 1.10 bits per heavy atom. The number of rotatable bonds is 2. The van der Waals surface area contributed by atoms with Crippen LogP contribution in [0.5, 0.6) is 0 Å². The predicted molar refractivity (Wildman–Crippen MR) is 74.8 cm³/mol. The Kier molecular flexibility index (Phi) is 2.95. The van der Waals surface area contributed by atoms with E-state index in [2.05, 4.69) is 10.1 Å². The molecule has 0 radical (unpaired) electrons. The standard InChI is InChI=1S/C15H13N3O2/c1-10-15(11(2)20-17-10)12-3-4-14(19)18(9-12)13-5-7-16-8-6-13/h3-9H,1-2H3. The molecular formula is C15H13N3O2. The largest absolute Gasteiger partial charge is 0.361 e. The van der Waals surface area contributed by atoms with Gasteiger partial charge in [0.15, 0.2) is 0 Å². The van der Waals surface area contributed by atoms with Crippen LogP contribution in [0.15, 0.2) is 52.2 Å². The first-order valence-electron chi connectivity index (χ1n) is 6.23. The summed E-state index contributed by atoms with van der Waals surface area (Å²) in [6.07, 6.45) is 5.11. The van der Waals surface area contributed by atoms with Crippen LogP contribution in [0.1, 0.15) is 11.5 Å². The predicted octanol–water partition coefficient (Wildman–Crippen LogP) is 2.50. The zero-order chi connectivity index (χ0) is 14.1. The summed E-state index contributed by atoms with van der Waals surface area (Å²) in [5.41, 5.74) is 3.32. The Labute approximate surface area is 115 Å². The molecule has 3 aromatic heterocycles. The van der Waals surface area contributed by atoms with Gasteiger partial charge < -0.3 is 4.52 Å². The number of aryl methyl sites for hydroxylation is 2. The first-order chi connectivity index (χ1) is 9.66. The zero-order valence-electron chi connectivity index (χ0n) is 11.2. The van der Waals surface area contributed by atoms with E-state index >= 15 is 0 Å². The molecule has 0 bridgehead atoms. The van der Waals surface area contributed by atoms with Gasteiger partial charge in [-0.1, -0.05) is 5.16 Å². The van der Waals surface area contributed by atoms with Crippen LogP contribution in [0.2, 0.25) is 0 Å². The molecule has 100 valence electrons. The van der Waals surface area contributed by atoms with Crippen molar-refractivity contribution >= 4 is 0 Å². The van der Waals surface area contributed by atoms with Crippen LogP contribution < -0.4 is 5.56 Å². The summed E-state index contributed by atoms with van der Waals surface area (Å²) in [7, 11) is 0. The highest BCUT2D eigenvalue weighted by atomic mass is 16.5. The summed E-state index contributed by atoms with van der Waals surface area (Å²) in [5.74, 6) is 0.738. The molecule has 3 rings (SSSR count). The quantitative estimate of drug-likeness (QED) is 0.715. The summed E-state index contributed by atoms with van der Waals surface area (Å²) in [6, 6.07) is 6.91. The summed E-state index contributed by atoms with van der Waals surface area (Å²) in [5, 5.41) is 3.94. The van der Waals surface area contributed by atoms with Gasteiger partial charge in [-0.3, -0.25) is 14.3 Å². The molecule has 0 atom stereocenters. The third-order valence-electron chi connectivity index (χ3n) is 3.17. The maximum absolute atomic E-state index is 12.0. The Hall–Kier alpha value is -2.69. The molecule has 5 nitrogen and oxygen atoms in total. The number of pyridine rings is 2. The van der Waals surface area contributed by atoms with Crippen LogP contribution in [0.3, 0.4) is 0 Å². The van der Waals surface area contributed by atoms with E-state index in [0.717, 1.165) is 28.3 Å². The monoisotopic (exact) mass is 267 g/mol. The molecule has 0 spiro atoms. The van der Waals surface area contributed by atoms with E-state index in [4.69, 9.17) is 4.52 Å². The minimum Gasteiger partial charge on any atom is -0.361 e. The van der Waals surface area contributed by atoms with E-state index in [1.54, 1.807) is 47.4 Å². The summed E-state index contributed by atoms with van der Waals surface area (Å²) in [6.45, 7) is 3.74. The van der Waals surface area contributed by atoms with Gasteiger partial charge in [-0.2, -0.15) is 0 Å². The molecule has 0 aliphatic carbocycles. The van der Waals surface area contributed by atoms with Gasteiger partial charge >= 0.3 is 0 Å². The van der Waals surface area contributed by atoms with E-state index in [1.807, 2.05) is 13.8 Å². The number of aromatic nitrogens is 3. The second-order valence-electron chi connectivity index (χ2n) is 4.53. The third kappa shape index (κ3) is 2.03. The minimum absolute atomic E-state index is 0.0910. The second-order valence-corrected chi connectivity index (χ2v) is 4.53. The van der Waals surface area contributed by atoms with Gasteiger partial charge in [-0.15, -0.1) is 0 Å². The molecule has 3 aromatic rings. The Bertz CT molecular complexity index is 784. The van der Waals surface area contributed by atoms with Crippen molar-refractivity contribution in [2.75, 3.05) is 0 Å². The van der Waals surface area contributed by atoms with E-state index in [-0.39, 0.29) is 5.56 Å². The van der Waals surface area contributed by atoms with Gasteiger partial charge in [0, 0.05) is 35.8 Å². The lowest BCUT2D eigenvalue weighted by molar-refractivity contribution is 0.393. The van der Waals surface area contributed by atoms with Crippen LogP contribution in [-0.2, 0) is 0 Å². The van der Waals surface area contributed by atoms with E-state index in [0.29, 0.717) is 0 Å². The molecule has 3 heterocycles. The molecule has 0 unspecified atom stereocenters. The average molecular weight is 267 g/mol. The maximum Gasteiger partial charge on any atom is 0.255 e. The molecule has 0 aliphatic heterocycles. The summed E-state index contributed by atoms with van der Waals surface area (Å²) < 4.78 is 6.76. The van der Waals surface area contributed by atoms with Gasteiger partial charge in [0.05, 0.1) is 11.4 Å². The lowest BCUT2D eigenvalue weighted by Crippen LogP contribution is -2.16. The second kappa shape index (κ2) is 4.77. The number of hydrogen-bond acceptors (Lipinski definition) is 4. The lowest BCUT2D eigenvalue weighted by Gasteiger charge is -2.07. The molecule has 0 saturated heterocycles. The lowest BCUT2D eigenvalue weighted by atomic mass is 10.1. The van der Waals surface area contributed by atoms with E-state index in [9.17, 15) is 4.79 Å². The van der Waals surface area contributed by atoms with Gasteiger partial charge in [0.25, 0.3) is 5.56 Å². The number of nitrogens with zero attached hydrogens (tertiary/aromatic N) is 3. The molecule has 0 N–H and O–H groups in total. The first kappa shape index (κ1) is 12.3. The van der Waals surface area contributed by atoms with Crippen LogP contribution >= 0.6 is 0 Å². The molecule has 5 heteroatoms. The van der Waals surface area contributed by atoms with Crippen LogP contribution in [0, 0.1) is 13.8 Å². The van der Waals surface area contributed by atoms with Crippen molar-refractivity contribution in [2.24, 2.45) is 0 Å². The van der Waals surface area contributed by atoms with E-state index < -0.39 is 0 Å². The van der Waals surface area contributed by atoms with Gasteiger partial charge in [0.2, 0.25) is 0 Å². The molecule has 0 fully saturated rings. The van der Waals surface area contributed by atoms with Crippen molar-refractivity contribution in [3.8, 4) is 16.8 Å². The minimum atomic E-state index is -0.0910. The molecule has 0 saturated carbocycles. The average Bonchev–Trinajstić information content (AvgIpc) is 2.80. The fraction of sp³-hybridized carbons (Fsp3) is 0.133. The fourth-order valence-electron chi connectivity index (χ4n) is 2.24. The third-order valence-corrected chi connectivity index (χ3v) is 3.17. The van der Waals surface area contributed by atoms with Crippen LogP contribution in [0.25, 0.3) is 16.8 Å². The maximum atomic E-state index is 12.0. The van der Waals surface area contributed by atoms with Crippen LogP contribution in [0.4, 0.5) is 0 Å². The van der Waals surface area contributed by atoms with Gasteiger partial charge in [0.1, 0.15) is 5.76 Å². The molecular weight excluding hydrogens is 254 g/mol. The Morgan fingerprint density at radius 2 is 1.85 bits per heavy atom. The molecule has 20 heavy (non-hydrogen) atoms. The van der Waals surface area contributed by atoms with E-state index in [1.165, 1.54) is 0 Å².